The average Bonchev–Trinajstić information content (AvgIpc) is 2.69. The first-order chi connectivity index (χ1) is 12.8. The number of piperazine rings is 1. The second-order valence-corrected chi connectivity index (χ2v) is 6.71. The van der Waals surface area contributed by atoms with Crippen molar-refractivity contribution in [2.45, 2.75) is 6.54 Å². The lowest BCUT2D eigenvalue weighted by molar-refractivity contribution is 0.122. The quantitative estimate of drug-likeness (QED) is 0.831. The molecule has 4 rings (SSSR count). The molecule has 0 atom stereocenters. The zero-order valence-electron chi connectivity index (χ0n) is 14.9. The van der Waals surface area contributed by atoms with Gasteiger partial charge in [-0.1, -0.05) is 12.1 Å². The van der Waals surface area contributed by atoms with Gasteiger partial charge in [0.05, 0.1) is 13.2 Å². The highest BCUT2D eigenvalue weighted by molar-refractivity contribution is 5.44. The molecule has 0 bridgehead atoms. The van der Waals surface area contributed by atoms with Crippen LogP contribution < -0.4 is 9.80 Å². The van der Waals surface area contributed by atoms with Crippen LogP contribution in [0.4, 0.5) is 16.2 Å². The first-order valence-corrected chi connectivity index (χ1v) is 9.15. The smallest absolute Gasteiger partial charge is 0.227 e. The molecule has 0 radical (unpaired) electrons. The van der Waals surface area contributed by atoms with Crippen molar-refractivity contribution in [3.63, 3.8) is 0 Å². The number of hydrogen-bond acceptors (Lipinski definition) is 6. The van der Waals surface area contributed by atoms with E-state index in [1.54, 1.807) is 12.1 Å². The van der Waals surface area contributed by atoms with Crippen LogP contribution in [0, 0.1) is 5.82 Å². The molecule has 7 heteroatoms. The first-order valence-electron chi connectivity index (χ1n) is 9.15. The van der Waals surface area contributed by atoms with Crippen molar-refractivity contribution < 1.29 is 9.13 Å². The van der Waals surface area contributed by atoms with E-state index >= 15 is 0 Å². The molecule has 0 amide bonds. The number of nitrogens with zero attached hydrogens (tertiary/aromatic N) is 5. The third kappa shape index (κ3) is 4.11. The van der Waals surface area contributed by atoms with Crippen molar-refractivity contribution in [1.29, 1.82) is 0 Å². The minimum absolute atomic E-state index is 0.172. The maximum Gasteiger partial charge on any atom is 0.227 e. The van der Waals surface area contributed by atoms with Gasteiger partial charge in [0.1, 0.15) is 11.6 Å². The summed E-state index contributed by atoms with van der Waals surface area (Å²) < 4.78 is 18.8. The van der Waals surface area contributed by atoms with Gasteiger partial charge in [0.2, 0.25) is 5.95 Å². The maximum atomic E-state index is 13.3. The van der Waals surface area contributed by atoms with Gasteiger partial charge < -0.3 is 14.5 Å². The van der Waals surface area contributed by atoms with E-state index in [-0.39, 0.29) is 5.82 Å². The van der Waals surface area contributed by atoms with Crippen LogP contribution in [0.15, 0.2) is 36.5 Å². The molecule has 3 heterocycles. The average molecular weight is 357 g/mol. The van der Waals surface area contributed by atoms with Gasteiger partial charge in [-0.25, -0.2) is 9.37 Å². The fourth-order valence-corrected chi connectivity index (χ4v) is 3.46. The first kappa shape index (κ1) is 17.2. The largest absolute Gasteiger partial charge is 0.378 e. The summed E-state index contributed by atoms with van der Waals surface area (Å²) in [4.78, 5) is 16.0. The van der Waals surface area contributed by atoms with Crippen molar-refractivity contribution in [3.8, 4) is 0 Å². The highest BCUT2D eigenvalue weighted by atomic mass is 19.1. The van der Waals surface area contributed by atoms with Crippen LogP contribution in [0.25, 0.3) is 0 Å². The van der Waals surface area contributed by atoms with Gasteiger partial charge in [0.15, 0.2) is 0 Å². The number of rotatable bonds is 4. The Morgan fingerprint density at radius 2 is 1.77 bits per heavy atom. The lowest BCUT2D eigenvalue weighted by atomic mass is 10.2. The molecule has 2 aliphatic heterocycles. The van der Waals surface area contributed by atoms with Gasteiger partial charge >= 0.3 is 0 Å². The van der Waals surface area contributed by atoms with Crippen LogP contribution in [-0.2, 0) is 11.3 Å². The summed E-state index contributed by atoms with van der Waals surface area (Å²) in [6, 6.07) is 8.81. The Hall–Kier alpha value is -2.25. The molecule has 0 N–H and O–H groups in total. The molecule has 0 unspecified atom stereocenters. The number of ether oxygens (including phenoxy) is 1. The molecule has 2 aromatic rings. The molecule has 26 heavy (non-hydrogen) atoms. The summed E-state index contributed by atoms with van der Waals surface area (Å²) in [6.45, 7) is 7.61. The fraction of sp³-hybridized carbons (Fsp3) is 0.474. The Balaban J connectivity index is 1.35. The molecule has 1 aromatic heterocycles. The molecule has 2 aliphatic rings. The van der Waals surface area contributed by atoms with Gasteiger partial charge in [-0.15, -0.1) is 0 Å². The molecular formula is C19H24FN5O. The topological polar surface area (TPSA) is 44.7 Å². The lowest BCUT2D eigenvalue weighted by Crippen LogP contribution is -2.46. The number of benzene rings is 1. The van der Waals surface area contributed by atoms with Crippen molar-refractivity contribution >= 4 is 11.8 Å². The van der Waals surface area contributed by atoms with Crippen molar-refractivity contribution in [1.82, 2.24) is 14.9 Å². The van der Waals surface area contributed by atoms with Gasteiger partial charge in [-0.2, -0.15) is 4.98 Å². The van der Waals surface area contributed by atoms with Crippen LogP contribution in [0.5, 0.6) is 0 Å². The van der Waals surface area contributed by atoms with E-state index in [0.29, 0.717) is 0 Å². The Kier molecular flexibility index (Phi) is 5.26. The van der Waals surface area contributed by atoms with E-state index in [0.717, 1.165) is 76.4 Å². The SMILES string of the molecule is Fc1cccc(CN2CCN(c3nccc(N4CCOCC4)n3)CC2)c1. The fourth-order valence-electron chi connectivity index (χ4n) is 3.46. The Morgan fingerprint density at radius 3 is 2.54 bits per heavy atom. The van der Waals surface area contributed by atoms with Gasteiger partial charge in [-0.3, -0.25) is 4.90 Å². The summed E-state index contributed by atoms with van der Waals surface area (Å²) in [6.07, 6.45) is 1.84. The van der Waals surface area contributed by atoms with E-state index in [2.05, 4.69) is 19.7 Å². The molecule has 2 fully saturated rings. The number of morpholine rings is 1. The third-order valence-electron chi connectivity index (χ3n) is 4.91. The summed E-state index contributed by atoms with van der Waals surface area (Å²) in [7, 11) is 0. The predicted molar refractivity (Wildman–Crippen MR) is 99.0 cm³/mol. The summed E-state index contributed by atoms with van der Waals surface area (Å²) in [5, 5.41) is 0. The monoisotopic (exact) mass is 357 g/mol. The maximum absolute atomic E-state index is 13.3. The Labute approximate surface area is 153 Å². The van der Waals surface area contributed by atoms with Crippen LogP contribution >= 0.6 is 0 Å². The van der Waals surface area contributed by atoms with E-state index in [1.807, 2.05) is 18.3 Å². The normalized spacial score (nSPS) is 19.0. The van der Waals surface area contributed by atoms with Crippen LogP contribution in [0.1, 0.15) is 5.56 Å². The molecule has 0 aliphatic carbocycles. The zero-order chi connectivity index (χ0) is 17.8. The lowest BCUT2D eigenvalue weighted by Gasteiger charge is -2.35. The standard InChI is InChI=1S/C19H24FN5O/c20-17-3-1-2-16(14-17)15-23-6-8-25(9-7-23)19-21-5-4-18(22-19)24-10-12-26-13-11-24/h1-5,14H,6-13,15H2. The highest BCUT2D eigenvalue weighted by Crippen LogP contribution is 2.18. The molecule has 0 spiro atoms. The predicted octanol–water partition coefficient (Wildman–Crippen LogP) is 1.77. The number of aromatic nitrogens is 2. The zero-order valence-corrected chi connectivity index (χ0v) is 14.9. The highest BCUT2D eigenvalue weighted by Gasteiger charge is 2.20. The molecule has 0 saturated carbocycles. The Bertz CT molecular complexity index is 729. The second kappa shape index (κ2) is 7.97. The minimum Gasteiger partial charge on any atom is -0.378 e. The summed E-state index contributed by atoms with van der Waals surface area (Å²) in [5.41, 5.74) is 1.02. The second-order valence-electron chi connectivity index (χ2n) is 6.71. The van der Waals surface area contributed by atoms with Crippen molar-refractivity contribution in [3.05, 3.63) is 47.9 Å². The van der Waals surface area contributed by atoms with E-state index < -0.39 is 0 Å². The van der Waals surface area contributed by atoms with Crippen LogP contribution in [-0.4, -0.2) is 67.4 Å². The minimum atomic E-state index is -0.172. The molecule has 2 saturated heterocycles. The third-order valence-corrected chi connectivity index (χ3v) is 4.91. The van der Waals surface area contributed by atoms with Crippen LogP contribution in [0.2, 0.25) is 0 Å². The summed E-state index contributed by atoms with van der Waals surface area (Å²) >= 11 is 0. The number of hydrogen-bond donors (Lipinski definition) is 0. The number of halogens is 1. The van der Waals surface area contributed by atoms with Gasteiger partial charge in [0, 0.05) is 52.0 Å². The molecular weight excluding hydrogens is 333 g/mol. The van der Waals surface area contributed by atoms with Gasteiger partial charge in [-0.05, 0) is 23.8 Å². The molecule has 6 nitrogen and oxygen atoms in total. The van der Waals surface area contributed by atoms with E-state index in [9.17, 15) is 4.39 Å². The van der Waals surface area contributed by atoms with E-state index in [1.165, 1.54) is 6.07 Å². The van der Waals surface area contributed by atoms with Gasteiger partial charge in [0.25, 0.3) is 0 Å². The molecule has 1 aromatic carbocycles. The molecule has 138 valence electrons. The number of anilines is 2. The van der Waals surface area contributed by atoms with Crippen LogP contribution in [0.3, 0.4) is 0 Å². The Morgan fingerprint density at radius 1 is 0.962 bits per heavy atom. The van der Waals surface area contributed by atoms with Crippen molar-refractivity contribution in [2.75, 3.05) is 62.3 Å². The van der Waals surface area contributed by atoms with E-state index in [4.69, 9.17) is 9.72 Å². The summed E-state index contributed by atoms with van der Waals surface area (Å²) in [5.74, 6) is 1.59. The van der Waals surface area contributed by atoms with Crippen molar-refractivity contribution in [2.24, 2.45) is 0 Å².